The van der Waals surface area contributed by atoms with Crippen LogP contribution in [-0.2, 0) is 6.42 Å². The molecule has 0 aliphatic carbocycles. The minimum Gasteiger partial charge on any atom is -0.366 e. The highest BCUT2D eigenvalue weighted by molar-refractivity contribution is 6.17. The molecule has 1 aromatic heterocycles. The monoisotopic (exact) mass is 184 g/mol. The van der Waals surface area contributed by atoms with Crippen LogP contribution >= 0.6 is 11.6 Å². The predicted octanol–water partition coefficient (Wildman–Crippen LogP) is 0.962. The molecule has 0 radical (unpaired) electrons. The zero-order valence-electron chi connectivity index (χ0n) is 6.46. The number of pyridine rings is 1. The first-order valence-corrected chi connectivity index (χ1v) is 4.08. The summed E-state index contributed by atoms with van der Waals surface area (Å²) in [5.41, 5.74) is 6.33. The van der Waals surface area contributed by atoms with Gasteiger partial charge >= 0.3 is 0 Å². The van der Waals surface area contributed by atoms with Gasteiger partial charge in [-0.3, -0.25) is 9.78 Å². The molecule has 0 atom stereocenters. The Kier molecular flexibility index (Phi) is 3.05. The number of hydrogen-bond acceptors (Lipinski definition) is 2. The smallest absolute Gasteiger partial charge is 0.250 e. The van der Waals surface area contributed by atoms with Crippen LogP contribution in [0.2, 0.25) is 0 Å². The number of carbonyl (C=O) groups is 1. The number of nitrogens with zero attached hydrogens (tertiary/aromatic N) is 1. The summed E-state index contributed by atoms with van der Waals surface area (Å²) in [7, 11) is 0. The maximum absolute atomic E-state index is 10.6. The van der Waals surface area contributed by atoms with Crippen LogP contribution in [0.1, 0.15) is 16.1 Å². The molecule has 2 N–H and O–H groups in total. The Morgan fingerprint density at radius 3 is 2.75 bits per heavy atom. The van der Waals surface area contributed by atoms with E-state index in [1.54, 1.807) is 12.1 Å². The summed E-state index contributed by atoms with van der Waals surface area (Å²) in [4.78, 5) is 14.6. The molecule has 1 heterocycles. The molecule has 0 saturated carbocycles. The third-order valence-corrected chi connectivity index (χ3v) is 1.65. The van der Waals surface area contributed by atoms with E-state index in [0.717, 1.165) is 5.69 Å². The molecule has 0 saturated heterocycles. The first-order chi connectivity index (χ1) is 5.74. The van der Waals surface area contributed by atoms with Crippen LogP contribution < -0.4 is 5.73 Å². The van der Waals surface area contributed by atoms with Gasteiger partial charge in [-0.1, -0.05) is 0 Å². The van der Waals surface area contributed by atoms with Crippen molar-refractivity contribution in [1.82, 2.24) is 4.98 Å². The predicted molar refractivity (Wildman–Crippen MR) is 47.2 cm³/mol. The first-order valence-electron chi connectivity index (χ1n) is 3.54. The van der Waals surface area contributed by atoms with Gasteiger partial charge in [-0.25, -0.2) is 0 Å². The van der Waals surface area contributed by atoms with E-state index in [0.29, 0.717) is 17.9 Å². The van der Waals surface area contributed by atoms with E-state index in [9.17, 15) is 4.79 Å². The fraction of sp³-hybridized carbons (Fsp3) is 0.250. The van der Waals surface area contributed by atoms with Crippen LogP contribution in [0.5, 0.6) is 0 Å². The highest BCUT2D eigenvalue weighted by Gasteiger charge is 1.99. The summed E-state index contributed by atoms with van der Waals surface area (Å²) >= 11 is 5.51. The van der Waals surface area contributed by atoms with E-state index in [1.807, 2.05) is 0 Å². The zero-order chi connectivity index (χ0) is 8.97. The van der Waals surface area contributed by atoms with Crippen LogP contribution in [0.3, 0.4) is 0 Å². The van der Waals surface area contributed by atoms with Crippen molar-refractivity contribution in [2.75, 3.05) is 5.88 Å². The van der Waals surface area contributed by atoms with E-state index in [1.165, 1.54) is 6.20 Å². The lowest BCUT2D eigenvalue weighted by molar-refractivity contribution is 0.1000. The van der Waals surface area contributed by atoms with E-state index < -0.39 is 5.91 Å². The van der Waals surface area contributed by atoms with Crippen molar-refractivity contribution in [3.63, 3.8) is 0 Å². The van der Waals surface area contributed by atoms with E-state index >= 15 is 0 Å². The number of halogens is 1. The number of carbonyl (C=O) groups excluding carboxylic acids is 1. The highest BCUT2D eigenvalue weighted by atomic mass is 35.5. The Labute approximate surface area is 75.6 Å². The van der Waals surface area contributed by atoms with Crippen LogP contribution in [0.25, 0.3) is 0 Å². The van der Waals surface area contributed by atoms with E-state index in [2.05, 4.69) is 4.98 Å². The van der Waals surface area contributed by atoms with Crippen molar-refractivity contribution >= 4 is 17.5 Å². The summed E-state index contributed by atoms with van der Waals surface area (Å²) in [6.45, 7) is 0. The SMILES string of the molecule is NC(=O)c1ccc(CCCl)nc1. The maximum atomic E-state index is 10.6. The van der Waals surface area contributed by atoms with Crippen molar-refractivity contribution in [3.05, 3.63) is 29.6 Å². The Bertz CT molecular complexity index is 271. The molecule has 1 amide bonds. The van der Waals surface area contributed by atoms with Gasteiger partial charge in [0.2, 0.25) is 5.91 Å². The summed E-state index contributed by atoms with van der Waals surface area (Å²) < 4.78 is 0. The molecule has 4 heteroatoms. The topological polar surface area (TPSA) is 56.0 Å². The highest BCUT2D eigenvalue weighted by Crippen LogP contribution is 2.00. The molecule has 0 unspecified atom stereocenters. The minimum atomic E-state index is -0.458. The van der Waals surface area contributed by atoms with Gasteiger partial charge in [0.15, 0.2) is 0 Å². The molecular formula is C8H9ClN2O. The van der Waals surface area contributed by atoms with Crippen molar-refractivity contribution in [2.24, 2.45) is 5.73 Å². The van der Waals surface area contributed by atoms with Gasteiger partial charge in [-0.15, -0.1) is 11.6 Å². The van der Waals surface area contributed by atoms with E-state index in [4.69, 9.17) is 17.3 Å². The molecule has 0 spiro atoms. The zero-order valence-corrected chi connectivity index (χ0v) is 7.21. The molecule has 0 aliphatic heterocycles. The number of aryl methyl sites for hydroxylation is 1. The number of nitrogens with two attached hydrogens (primary N) is 1. The second kappa shape index (κ2) is 4.07. The van der Waals surface area contributed by atoms with Gasteiger partial charge in [-0.05, 0) is 12.1 Å². The van der Waals surface area contributed by atoms with Gasteiger partial charge in [0.25, 0.3) is 0 Å². The summed E-state index contributed by atoms with van der Waals surface area (Å²) in [6, 6.07) is 3.40. The Hall–Kier alpha value is -1.09. The molecule has 64 valence electrons. The maximum Gasteiger partial charge on any atom is 0.250 e. The Morgan fingerprint density at radius 2 is 2.33 bits per heavy atom. The standard InChI is InChI=1S/C8H9ClN2O/c9-4-3-7-2-1-6(5-11-7)8(10)12/h1-2,5H,3-4H2,(H2,10,12). The van der Waals surface area contributed by atoms with E-state index in [-0.39, 0.29) is 0 Å². The molecular weight excluding hydrogens is 176 g/mol. The Balaban J connectivity index is 2.78. The number of rotatable bonds is 3. The lowest BCUT2D eigenvalue weighted by atomic mass is 10.2. The van der Waals surface area contributed by atoms with Crippen LogP contribution in [0.4, 0.5) is 0 Å². The van der Waals surface area contributed by atoms with Gasteiger partial charge in [-0.2, -0.15) is 0 Å². The van der Waals surface area contributed by atoms with Crippen molar-refractivity contribution in [1.29, 1.82) is 0 Å². The summed E-state index contributed by atoms with van der Waals surface area (Å²) in [5, 5.41) is 0. The molecule has 0 aliphatic rings. The number of hydrogen-bond donors (Lipinski definition) is 1. The minimum absolute atomic E-state index is 0.424. The molecule has 1 rings (SSSR count). The lowest BCUT2D eigenvalue weighted by Gasteiger charge is -1.97. The third-order valence-electron chi connectivity index (χ3n) is 1.46. The van der Waals surface area contributed by atoms with Crippen LogP contribution in [0, 0.1) is 0 Å². The quantitative estimate of drug-likeness (QED) is 0.712. The van der Waals surface area contributed by atoms with Crippen molar-refractivity contribution in [2.45, 2.75) is 6.42 Å². The molecule has 0 bridgehead atoms. The van der Waals surface area contributed by atoms with Gasteiger partial charge < -0.3 is 5.73 Å². The largest absolute Gasteiger partial charge is 0.366 e. The first kappa shape index (κ1) is 9.00. The molecule has 1 aromatic rings. The van der Waals surface area contributed by atoms with Gasteiger partial charge in [0.05, 0.1) is 5.56 Å². The number of amides is 1. The van der Waals surface area contributed by atoms with Gasteiger partial charge in [0.1, 0.15) is 0 Å². The van der Waals surface area contributed by atoms with Crippen LogP contribution in [-0.4, -0.2) is 16.8 Å². The molecule has 3 nitrogen and oxygen atoms in total. The number of primary amides is 1. The normalized spacial score (nSPS) is 9.75. The second-order valence-corrected chi connectivity index (χ2v) is 2.72. The van der Waals surface area contributed by atoms with Crippen molar-refractivity contribution in [3.8, 4) is 0 Å². The lowest BCUT2D eigenvalue weighted by Crippen LogP contribution is -2.11. The molecule has 0 aromatic carbocycles. The van der Waals surface area contributed by atoms with Crippen molar-refractivity contribution < 1.29 is 4.79 Å². The third kappa shape index (κ3) is 2.20. The summed E-state index contributed by atoms with van der Waals surface area (Å²) in [6.07, 6.45) is 2.17. The molecule has 0 fully saturated rings. The fourth-order valence-electron chi connectivity index (χ4n) is 0.815. The Morgan fingerprint density at radius 1 is 1.58 bits per heavy atom. The van der Waals surface area contributed by atoms with Crippen LogP contribution in [0.15, 0.2) is 18.3 Å². The average molecular weight is 185 g/mol. The number of alkyl halides is 1. The number of aromatic nitrogens is 1. The van der Waals surface area contributed by atoms with Gasteiger partial charge in [0, 0.05) is 24.2 Å². The molecule has 12 heavy (non-hydrogen) atoms. The second-order valence-electron chi connectivity index (χ2n) is 2.34. The summed E-state index contributed by atoms with van der Waals surface area (Å²) in [5.74, 6) is 0.0723. The average Bonchev–Trinajstić information content (AvgIpc) is 2.06. The fourth-order valence-corrected chi connectivity index (χ4v) is 1.01.